The molecule has 1 N–H and O–H groups in total. The fourth-order valence-corrected chi connectivity index (χ4v) is 2.99. The van der Waals surface area contributed by atoms with E-state index in [1.807, 2.05) is 0 Å². The smallest absolute Gasteiger partial charge is 0.257 e. The summed E-state index contributed by atoms with van der Waals surface area (Å²) in [5, 5.41) is 2.61. The topological polar surface area (TPSA) is 76.1 Å². The van der Waals surface area contributed by atoms with Crippen LogP contribution in [-0.4, -0.2) is 25.1 Å². The molecule has 1 aromatic heterocycles. The van der Waals surface area contributed by atoms with Crippen LogP contribution in [0.3, 0.4) is 0 Å². The van der Waals surface area contributed by atoms with Crippen LogP contribution in [-0.2, 0) is 9.84 Å². The zero-order chi connectivity index (χ0) is 15.5. The number of sulfone groups is 1. The van der Waals surface area contributed by atoms with Crippen molar-refractivity contribution in [2.24, 2.45) is 0 Å². The Bertz CT molecular complexity index is 758. The number of benzene rings is 1. The van der Waals surface area contributed by atoms with Gasteiger partial charge in [-0.1, -0.05) is 19.1 Å². The van der Waals surface area contributed by atoms with Gasteiger partial charge in [0.15, 0.2) is 9.84 Å². The van der Waals surface area contributed by atoms with Gasteiger partial charge in [0, 0.05) is 6.20 Å². The molecule has 0 aliphatic rings. The van der Waals surface area contributed by atoms with E-state index in [9.17, 15) is 13.2 Å². The summed E-state index contributed by atoms with van der Waals surface area (Å²) in [6, 6.07) is 9.58. The second kappa shape index (κ2) is 6.36. The van der Waals surface area contributed by atoms with Crippen molar-refractivity contribution in [2.75, 3.05) is 11.1 Å². The van der Waals surface area contributed by atoms with E-state index in [-0.39, 0.29) is 16.3 Å². The highest BCUT2D eigenvalue weighted by molar-refractivity contribution is 9.10. The Balaban J connectivity index is 2.32. The first-order valence-corrected chi connectivity index (χ1v) is 8.63. The van der Waals surface area contributed by atoms with Gasteiger partial charge in [0.1, 0.15) is 4.60 Å². The van der Waals surface area contributed by atoms with E-state index in [0.717, 1.165) is 0 Å². The molecule has 0 aliphatic heterocycles. The van der Waals surface area contributed by atoms with Crippen molar-refractivity contribution < 1.29 is 13.2 Å². The number of nitrogens with one attached hydrogen (secondary N) is 1. The summed E-state index contributed by atoms with van der Waals surface area (Å²) in [5.41, 5.74) is 0.620. The molecule has 0 atom stereocenters. The van der Waals surface area contributed by atoms with E-state index in [2.05, 4.69) is 26.2 Å². The van der Waals surface area contributed by atoms with Crippen LogP contribution >= 0.6 is 15.9 Å². The minimum Gasteiger partial charge on any atom is -0.321 e. The summed E-state index contributed by atoms with van der Waals surface area (Å²) in [7, 11) is -3.40. The Kier molecular flexibility index (Phi) is 4.74. The SMILES string of the molecule is CCS(=O)(=O)c1ccccc1NC(=O)c1ccc(Br)nc1. The number of rotatable bonds is 4. The van der Waals surface area contributed by atoms with Gasteiger partial charge in [-0.2, -0.15) is 0 Å². The molecule has 0 fully saturated rings. The first-order valence-electron chi connectivity index (χ1n) is 6.18. The summed E-state index contributed by atoms with van der Waals surface area (Å²) >= 11 is 3.19. The fourth-order valence-electron chi connectivity index (χ4n) is 1.70. The molecule has 0 saturated carbocycles. The van der Waals surface area contributed by atoms with Crippen LogP contribution in [0.15, 0.2) is 52.1 Å². The number of amides is 1. The second-order valence-corrected chi connectivity index (χ2v) is 7.28. The maximum absolute atomic E-state index is 12.1. The highest BCUT2D eigenvalue weighted by Crippen LogP contribution is 2.22. The van der Waals surface area contributed by atoms with E-state index in [0.29, 0.717) is 10.2 Å². The molecular weight excluding hydrogens is 356 g/mol. The van der Waals surface area contributed by atoms with Crippen molar-refractivity contribution in [1.82, 2.24) is 4.98 Å². The lowest BCUT2D eigenvalue weighted by atomic mass is 10.2. The van der Waals surface area contributed by atoms with E-state index in [4.69, 9.17) is 0 Å². The molecule has 0 bridgehead atoms. The minimum atomic E-state index is -3.40. The molecule has 2 aromatic rings. The van der Waals surface area contributed by atoms with Gasteiger partial charge >= 0.3 is 0 Å². The number of hydrogen-bond acceptors (Lipinski definition) is 4. The third-order valence-corrected chi connectivity index (χ3v) is 5.10. The molecule has 0 saturated heterocycles. The molecule has 0 aliphatic carbocycles. The number of hydrogen-bond donors (Lipinski definition) is 1. The molecule has 110 valence electrons. The Morgan fingerprint density at radius 2 is 1.95 bits per heavy atom. The molecule has 1 aromatic carbocycles. The van der Waals surface area contributed by atoms with Crippen molar-refractivity contribution >= 4 is 37.4 Å². The summed E-state index contributed by atoms with van der Waals surface area (Å²) in [6.45, 7) is 1.56. The van der Waals surface area contributed by atoms with Crippen molar-refractivity contribution in [3.8, 4) is 0 Å². The predicted molar refractivity (Wildman–Crippen MR) is 84.1 cm³/mol. The molecule has 1 heterocycles. The molecule has 5 nitrogen and oxygen atoms in total. The van der Waals surface area contributed by atoms with Crippen molar-refractivity contribution in [2.45, 2.75) is 11.8 Å². The zero-order valence-corrected chi connectivity index (χ0v) is 13.6. The predicted octanol–water partition coefficient (Wildman–Crippen LogP) is 2.89. The van der Waals surface area contributed by atoms with Crippen LogP contribution in [0.5, 0.6) is 0 Å². The van der Waals surface area contributed by atoms with Crippen LogP contribution in [0.1, 0.15) is 17.3 Å². The molecule has 21 heavy (non-hydrogen) atoms. The quantitative estimate of drug-likeness (QED) is 0.841. The van der Waals surface area contributed by atoms with Gasteiger partial charge in [-0.05, 0) is 40.2 Å². The van der Waals surface area contributed by atoms with E-state index in [1.165, 1.54) is 12.3 Å². The molecule has 0 unspecified atom stereocenters. The second-order valence-electron chi connectivity index (χ2n) is 4.22. The molecular formula is C14H13BrN2O3S. The van der Waals surface area contributed by atoms with Crippen LogP contribution in [0.4, 0.5) is 5.69 Å². The summed E-state index contributed by atoms with van der Waals surface area (Å²) in [5.74, 6) is -0.437. The minimum absolute atomic E-state index is 0.0281. The number of halogens is 1. The van der Waals surface area contributed by atoms with Gasteiger partial charge in [-0.3, -0.25) is 4.79 Å². The van der Waals surface area contributed by atoms with E-state index in [1.54, 1.807) is 37.3 Å². The molecule has 1 amide bonds. The standard InChI is InChI=1S/C14H13BrN2O3S/c1-2-21(19,20)12-6-4-3-5-11(12)17-14(18)10-7-8-13(15)16-9-10/h3-9H,2H2,1H3,(H,17,18). The number of nitrogens with zero attached hydrogens (tertiary/aromatic N) is 1. The van der Waals surface area contributed by atoms with Crippen molar-refractivity contribution in [1.29, 1.82) is 0 Å². The monoisotopic (exact) mass is 368 g/mol. The third-order valence-electron chi connectivity index (χ3n) is 2.84. The number of carbonyl (C=O) groups excluding carboxylic acids is 1. The molecule has 0 radical (unpaired) electrons. The average molecular weight is 369 g/mol. The summed E-state index contributed by atoms with van der Waals surface area (Å²) < 4.78 is 24.6. The van der Waals surface area contributed by atoms with Gasteiger partial charge < -0.3 is 5.32 Å². The summed E-state index contributed by atoms with van der Waals surface area (Å²) in [6.07, 6.45) is 1.41. The Morgan fingerprint density at radius 3 is 2.57 bits per heavy atom. The number of pyridine rings is 1. The zero-order valence-electron chi connectivity index (χ0n) is 11.2. The number of para-hydroxylation sites is 1. The highest BCUT2D eigenvalue weighted by atomic mass is 79.9. The maximum Gasteiger partial charge on any atom is 0.257 e. The largest absolute Gasteiger partial charge is 0.321 e. The van der Waals surface area contributed by atoms with Crippen LogP contribution in [0.25, 0.3) is 0 Å². The summed E-state index contributed by atoms with van der Waals surface area (Å²) in [4.78, 5) is 16.2. The first-order chi connectivity index (χ1) is 9.94. The average Bonchev–Trinajstić information content (AvgIpc) is 2.48. The van der Waals surface area contributed by atoms with Crippen LogP contribution in [0.2, 0.25) is 0 Å². The van der Waals surface area contributed by atoms with Gasteiger partial charge in [0.25, 0.3) is 5.91 Å². The van der Waals surface area contributed by atoms with Gasteiger partial charge in [-0.15, -0.1) is 0 Å². The van der Waals surface area contributed by atoms with Crippen LogP contribution < -0.4 is 5.32 Å². The van der Waals surface area contributed by atoms with Crippen LogP contribution in [0, 0.1) is 0 Å². The van der Waals surface area contributed by atoms with Crippen molar-refractivity contribution in [3.05, 3.63) is 52.8 Å². The molecule has 7 heteroatoms. The maximum atomic E-state index is 12.1. The van der Waals surface area contributed by atoms with E-state index >= 15 is 0 Å². The Labute approximate surface area is 131 Å². The normalized spacial score (nSPS) is 11.1. The van der Waals surface area contributed by atoms with E-state index < -0.39 is 15.7 Å². The highest BCUT2D eigenvalue weighted by Gasteiger charge is 2.18. The van der Waals surface area contributed by atoms with Crippen molar-refractivity contribution in [3.63, 3.8) is 0 Å². The van der Waals surface area contributed by atoms with Gasteiger partial charge in [0.2, 0.25) is 0 Å². The first kappa shape index (κ1) is 15.7. The number of carbonyl (C=O) groups is 1. The Morgan fingerprint density at radius 1 is 1.24 bits per heavy atom. The third kappa shape index (κ3) is 3.68. The molecule has 2 rings (SSSR count). The lowest BCUT2D eigenvalue weighted by Crippen LogP contribution is -2.15. The fraction of sp³-hybridized carbons (Fsp3) is 0.143. The van der Waals surface area contributed by atoms with Gasteiger partial charge in [0.05, 0.1) is 21.9 Å². The molecule has 0 spiro atoms. The van der Waals surface area contributed by atoms with Gasteiger partial charge in [-0.25, -0.2) is 13.4 Å². The lowest BCUT2D eigenvalue weighted by molar-refractivity contribution is 0.102. The number of aromatic nitrogens is 1. The number of anilines is 1. The Hall–Kier alpha value is -1.73. The lowest BCUT2D eigenvalue weighted by Gasteiger charge is -2.10.